The molecule has 0 aliphatic carbocycles. The summed E-state index contributed by atoms with van der Waals surface area (Å²) in [5.74, 6) is 0.217. The maximum Gasteiger partial charge on any atom is 0.397 e. The fraction of sp³-hybridized carbons (Fsp3) is 0.263. The number of ketones is 1. The zero-order chi connectivity index (χ0) is 19.6. The van der Waals surface area contributed by atoms with Gasteiger partial charge in [0.15, 0.2) is 11.6 Å². The molecule has 140 valence electrons. The number of halogens is 2. The van der Waals surface area contributed by atoms with Crippen LogP contribution in [0.4, 0.5) is 8.78 Å². The summed E-state index contributed by atoms with van der Waals surface area (Å²) in [7, 11) is 1.77. The lowest BCUT2D eigenvalue weighted by atomic mass is 10.1. The minimum atomic E-state index is -3.22. The molecule has 0 aliphatic heterocycles. The molecule has 0 unspecified atom stereocenters. The Balaban J connectivity index is 1.98. The molecule has 6 nitrogen and oxygen atoms in total. The topological polar surface area (TPSA) is 69.9 Å². The molecule has 0 radical (unpaired) electrons. The van der Waals surface area contributed by atoms with E-state index in [9.17, 15) is 13.6 Å². The third kappa shape index (κ3) is 4.33. The van der Waals surface area contributed by atoms with Gasteiger partial charge in [0.25, 0.3) is 0 Å². The monoisotopic (exact) mass is 372 g/mol. The van der Waals surface area contributed by atoms with Crippen LogP contribution in [0.25, 0.3) is 22.6 Å². The lowest BCUT2D eigenvalue weighted by Gasteiger charge is -2.16. The van der Waals surface area contributed by atoms with Crippen LogP contribution in [0.5, 0.6) is 5.75 Å². The Morgan fingerprint density at radius 1 is 1.19 bits per heavy atom. The predicted molar refractivity (Wildman–Crippen MR) is 95.5 cm³/mol. The lowest BCUT2D eigenvalue weighted by Crippen LogP contribution is -2.22. The summed E-state index contributed by atoms with van der Waals surface area (Å²) in [4.78, 5) is 20.6. The van der Waals surface area contributed by atoms with E-state index in [0.29, 0.717) is 22.6 Å². The second-order valence-corrected chi connectivity index (χ2v) is 6.04. The first-order chi connectivity index (χ1) is 12.8. The molecular formula is C19H18F2N4O2. The van der Waals surface area contributed by atoms with Crippen molar-refractivity contribution < 1.29 is 18.3 Å². The predicted octanol–water partition coefficient (Wildman–Crippen LogP) is 4.13. The number of Topliss-reactive ketones (excluding diaryl/α,β-unsaturated/α-hetero) is 1. The van der Waals surface area contributed by atoms with Crippen molar-refractivity contribution in [2.75, 3.05) is 0 Å². The SMILES string of the molecule is CCC(F)(F)Oc1ccc(-c2cc(C(C)=O)nc(-c3cnn(C)c3)n2)cc1. The highest BCUT2D eigenvalue weighted by molar-refractivity contribution is 5.93. The average molecular weight is 372 g/mol. The number of benzene rings is 1. The van der Waals surface area contributed by atoms with E-state index in [1.807, 2.05) is 0 Å². The van der Waals surface area contributed by atoms with Gasteiger partial charge in [-0.15, -0.1) is 0 Å². The minimum Gasteiger partial charge on any atom is -0.433 e. The first kappa shape index (κ1) is 18.6. The van der Waals surface area contributed by atoms with Gasteiger partial charge < -0.3 is 4.74 Å². The molecule has 0 spiro atoms. The van der Waals surface area contributed by atoms with Gasteiger partial charge in [-0.2, -0.15) is 13.9 Å². The molecule has 0 bridgehead atoms. The summed E-state index contributed by atoms with van der Waals surface area (Å²) in [6.07, 6.45) is -0.289. The molecular weight excluding hydrogens is 354 g/mol. The number of aryl methyl sites for hydroxylation is 1. The first-order valence-electron chi connectivity index (χ1n) is 8.34. The van der Waals surface area contributed by atoms with Gasteiger partial charge in [-0.05, 0) is 30.3 Å². The van der Waals surface area contributed by atoms with Crippen LogP contribution in [-0.4, -0.2) is 31.6 Å². The first-order valence-corrected chi connectivity index (χ1v) is 8.34. The Bertz CT molecular complexity index is 968. The minimum absolute atomic E-state index is 0.0546. The number of nitrogens with zero attached hydrogens (tertiary/aromatic N) is 4. The van der Waals surface area contributed by atoms with E-state index < -0.39 is 12.5 Å². The van der Waals surface area contributed by atoms with E-state index in [-0.39, 0.29) is 17.2 Å². The number of carbonyl (C=O) groups excluding carboxylic acids is 1. The lowest BCUT2D eigenvalue weighted by molar-refractivity contribution is -0.177. The van der Waals surface area contributed by atoms with Crippen LogP contribution in [-0.2, 0) is 7.05 Å². The molecule has 8 heteroatoms. The second kappa shape index (κ2) is 7.22. The highest BCUT2D eigenvalue weighted by atomic mass is 19.3. The van der Waals surface area contributed by atoms with Crippen molar-refractivity contribution in [3.63, 3.8) is 0 Å². The molecule has 0 saturated carbocycles. The number of carbonyl (C=O) groups is 1. The summed E-state index contributed by atoms with van der Waals surface area (Å²) in [6, 6.07) is 7.68. The summed E-state index contributed by atoms with van der Waals surface area (Å²) in [6.45, 7) is 2.77. The highest BCUT2D eigenvalue weighted by Crippen LogP contribution is 2.28. The Morgan fingerprint density at radius 3 is 2.44 bits per heavy atom. The van der Waals surface area contributed by atoms with Gasteiger partial charge in [-0.3, -0.25) is 9.48 Å². The van der Waals surface area contributed by atoms with E-state index in [2.05, 4.69) is 19.8 Å². The number of hydrogen-bond donors (Lipinski definition) is 0. The molecule has 0 atom stereocenters. The smallest absolute Gasteiger partial charge is 0.397 e. The molecule has 27 heavy (non-hydrogen) atoms. The van der Waals surface area contributed by atoms with Gasteiger partial charge in [0, 0.05) is 32.2 Å². The highest BCUT2D eigenvalue weighted by Gasteiger charge is 2.28. The van der Waals surface area contributed by atoms with Crippen LogP contribution in [0.1, 0.15) is 30.8 Å². The Kier molecular flexibility index (Phi) is 4.98. The zero-order valence-corrected chi connectivity index (χ0v) is 15.1. The number of ether oxygens (including phenoxy) is 1. The zero-order valence-electron chi connectivity index (χ0n) is 15.1. The molecule has 1 aromatic carbocycles. The maximum atomic E-state index is 13.4. The van der Waals surface area contributed by atoms with Crippen molar-refractivity contribution in [2.24, 2.45) is 7.05 Å². The van der Waals surface area contributed by atoms with Crippen molar-refractivity contribution >= 4 is 5.78 Å². The molecule has 0 N–H and O–H groups in total. The third-order valence-corrected chi connectivity index (χ3v) is 3.88. The van der Waals surface area contributed by atoms with E-state index in [1.54, 1.807) is 42.3 Å². The molecule has 2 heterocycles. The van der Waals surface area contributed by atoms with Crippen LogP contribution in [0.2, 0.25) is 0 Å². The van der Waals surface area contributed by atoms with Crippen molar-refractivity contribution in [1.29, 1.82) is 0 Å². The standard InChI is InChI=1S/C19H18F2N4O2/c1-4-19(20,21)27-15-7-5-13(6-8-15)17-9-16(12(2)26)23-18(24-17)14-10-22-25(3)11-14/h5-11H,4H2,1-3H3. The Hall–Kier alpha value is -3.16. The molecule has 2 aromatic heterocycles. The fourth-order valence-electron chi connectivity index (χ4n) is 2.38. The van der Waals surface area contributed by atoms with E-state index in [4.69, 9.17) is 0 Å². The van der Waals surface area contributed by atoms with Crippen molar-refractivity contribution in [3.05, 3.63) is 48.4 Å². The molecule has 3 rings (SSSR count). The summed E-state index contributed by atoms with van der Waals surface area (Å²) in [5.41, 5.74) is 2.08. The quantitative estimate of drug-likeness (QED) is 0.609. The molecule has 0 aliphatic rings. The number of hydrogen-bond acceptors (Lipinski definition) is 5. The van der Waals surface area contributed by atoms with Crippen LogP contribution in [0, 0.1) is 0 Å². The number of aromatic nitrogens is 4. The molecule has 3 aromatic rings. The number of alkyl halides is 2. The summed E-state index contributed by atoms with van der Waals surface area (Å²) < 4.78 is 33.0. The van der Waals surface area contributed by atoms with Gasteiger partial charge in [-0.25, -0.2) is 9.97 Å². The van der Waals surface area contributed by atoms with Crippen molar-refractivity contribution in [1.82, 2.24) is 19.7 Å². The van der Waals surface area contributed by atoms with Gasteiger partial charge >= 0.3 is 6.11 Å². The summed E-state index contributed by atoms with van der Waals surface area (Å²) >= 11 is 0. The fourth-order valence-corrected chi connectivity index (χ4v) is 2.38. The maximum absolute atomic E-state index is 13.4. The molecule has 0 amide bonds. The Labute approximate surface area is 154 Å². The van der Waals surface area contributed by atoms with E-state index >= 15 is 0 Å². The Morgan fingerprint density at radius 2 is 1.89 bits per heavy atom. The van der Waals surface area contributed by atoms with Gasteiger partial charge in [0.1, 0.15) is 11.4 Å². The van der Waals surface area contributed by atoms with Gasteiger partial charge in [0.05, 0.1) is 17.5 Å². The van der Waals surface area contributed by atoms with Gasteiger partial charge in [-0.1, -0.05) is 6.92 Å². The van der Waals surface area contributed by atoms with Crippen LogP contribution >= 0.6 is 0 Å². The van der Waals surface area contributed by atoms with Crippen molar-refractivity contribution in [2.45, 2.75) is 26.4 Å². The van der Waals surface area contributed by atoms with Crippen LogP contribution in [0.3, 0.4) is 0 Å². The third-order valence-electron chi connectivity index (χ3n) is 3.88. The summed E-state index contributed by atoms with van der Waals surface area (Å²) in [5, 5.41) is 4.09. The van der Waals surface area contributed by atoms with E-state index in [0.717, 1.165) is 0 Å². The van der Waals surface area contributed by atoms with Crippen molar-refractivity contribution in [3.8, 4) is 28.4 Å². The normalized spacial score (nSPS) is 11.4. The number of rotatable bonds is 6. The second-order valence-electron chi connectivity index (χ2n) is 6.04. The van der Waals surface area contributed by atoms with Crippen LogP contribution in [0.15, 0.2) is 42.7 Å². The largest absolute Gasteiger partial charge is 0.433 e. The average Bonchev–Trinajstić information content (AvgIpc) is 3.08. The molecule has 0 fully saturated rings. The van der Waals surface area contributed by atoms with Crippen LogP contribution < -0.4 is 4.74 Å². The van der Waals surface area contributed by atoms with Gasteiger partial charge in [0.2, 0.25) is 0 Å². The van der Waals surface area contributed by atoms with E-state index in [1.165, 1.54) is 26.0 Å². The molecule has 0 saturated heterocycles.